The third-order valence-corrected chi connectivity index (χ3v) is 2.73. The fourth-order valence-corrected chi connectivity index (χ4v) is 1.73. The van der Waals surface area contributed by atoms with E-state index in [1.807, 2.05) is 0 Å². The first kappa shape index (κ1) is 13.4. The molecule has 5 nitrogen and oxygen atoms in total. The number of rotatable bonds is 2. The highest BCUT2D eigenvalue weighted by molar-refractivity contribution is 6.30. The lowest BCUT2D eigenvalue weighted by molar-refractivity contribution is -0.140. The van der Waals surface area contributed by atoms with Gasteiger partial charge in [0.05, 0.1) is 5.02 Å². The molecule has 100 valence electrons. The van der Waals surface area contributed by atoms with Crippen molar-refractivity contribution < 1.29 is 23.5 Å². The molecule has 1 heterocycles. The van der Waals surface area contributed by atoms with Gasteiger partial charge in [0.15, 0.2) is 6.10 Å². The first-order chi connectivity index (χ1) is 8.90. The Morgan fingerprint density at radius 2 is 2.21 bits per heavy atom. The topological polar surface area (TPSA) is 78.6 Å². The molecular weight excluding hydrogens is 277 g/mol. The summed E-state index contributed by atoms with van der Waals surface area (Å²) in [6.45, 7) is 1.13. The van der Waals surface area contributed by atoms with Gasteiger partial charge in [-0.25, -0.2) is 4.39 Å². The molecule has 7 heteroatoms. The van der Waals surface area contributed by atoms with Crippen molar-refractivity contribution >= 4 is 23.4 Å². The van der Waals surface area contributed by atoms with E-state index in [1.165, 1.54) is 12.1 Å². The van der Waals surface area contributed by atoms with E-state index in [-0.39, 0.29) is 22.2 Å². The summed E-state index contributed by atoms with van der Waals surface area (Å²) < 4.78 is 23.1. The molecule has 0 aromatic heterocycles. The molecule has 0 saturated heterocycles. The van der Waals surface area contributed by atoms with Crippen LogP contribution in [-0.4, -0.2) is 11.8 Å². The zero-order valence-corrected chi connectivity index (χ0v) is 10.5. The fraction of sp³-hybridized carbons (Fsp3) is 0.167. The Hall–Kier alpha value is -2.08. The third kappa shape index (κ3) is 2.53. The van der Waals surface area contributed by atoms with Crippen LogP contribution in [0, 0.1) is 5.82 Å². The normalized spacial score (nSPS) is 18.5. The van der Waals surface area contributed by atoms with E-state index >= 15 is 0 Å². The molecule has 1 aromatic rings. The molecule has 1 aliphatic rings. The van der Waals surface area contributed by atoms with Crippen molar-refractivity contribution in [1.29, 1.82) is 0 Å². The van der Waals surface area contributed by atoms with Crippen LogP contribution >= 0.6 is 11.6 Å². The molecule has 0 aliphatic carbocycles. The minimum Gasteiger partial charge on any atom is -0.460 e. The van der Waals surface area contributed by atoms with Crippen LogP contribution in [-0.2, 0) is 19.1 Å². The standard InChI is InChI=1S/C12H9ClFNO4/c1-5(16)18-11-9(17)10(19-12(11)15)6-2-3-7(13)8(14)4-6/h2-4,10H,15H2,1H3. The molecule has 0 fully saturated rings. The third-order valence-electron chi connectivity index (χ3n) is 2.42. The van der Waals surface area contributed by atoms with Crippen LogP contribution in [0.25, 0.3) is 0 Å². The molecule has 0 amide bonds. The Bertz CT molecular complexity index is 599. The number of nitrogens with two attached hydrogens (primary N) is 1. The van der Waals surface area contributed by atoms with Gasteiger partial charge in [-0.3, -0.25) is 9.59 Å². The highest BCUT2D eigenvalue weighted by Gasteiger charge is 2.38. The Morgan fingerprint density at radius 1 is 1.53 bits per heavy atom. The summed E-state index contributed by atoms with van der Waals surface area (Å²) >= 11 is 5.54. The Labute approximate surface area is 112 Å². The van der Waals surface area contributed by atoms with Crippen LogP contribution in [0.2, 0.25) is 5.02 Å². The molecular formula is C12H9ClFNO4. The Kier molecular flexibility index (Phi) is 3.44. The zero-order valence-electron chi connectivity index (χ0n) is 9.78. The monoisotopic (exact) mass is 285 g/mol. The molecule has 1 aliphatic heterocycles. The van der Waals surface area contributed by atoms with Gasteiger partial charge in [-0.15, -0.1) is 0 Å². The maximum Gasteiger partial charge on any atom is 0.308 e. The number of ketones is 1. The summed E-state index contributed by atoms with van der Waals surface area (Å²) in [5.41, 5.74) is 5.69. The summed E-state index contributed by atoms with van der Waals surface area (Å²) in [7, 11) is 0. The molecule has 1 unspecified atom stereocenters. The molecule has 0 spiro atoms. The number of hydrogen-bond donors (Lipinski definition) is 1. The average molecular weight is 286 g/mol. The summed E-state index contributed by atoms with van der Waals surface area (Å²) in [6.07, 6.45) is -1.14. The van der Waals surface area contributed by atoms with E-state index in [0.29, 0.717) is 0 Å². The second-order valence-corrected chi connectivity index (χ2v) is 4.23. The Morgan fingerprint density at radius 3 is 2.79 bits per heavy atom. The number of ether oxygens (including phenoxy) is 2. The number of Topliss-reactive ketones (excluding diaryl/α,β-unsaturated/α-hetero) is 1. The number of benzene rings is 1. The minimum absolute atomic E-state index is 0.0738. The summed E-state index contributed by atoms with van der Waals surface area (Å²) in [6, 6.07) is 3.79. The minimum atomic E-state index is -1.14. The quantitative estimate of drug-likeness (QED) is 0.839. The van der Waals surface area contributed by atoms with E-state index in [4.69, 9.17) is 22.1 Å². The predicted molar refractivity (Wildman–Crippen MR) is 63.2 cm³/mol. The molecule has 0 saturated carbocycles. The number of carbonyl (C=O) groups is 2. The van der Waals surface area contributed by atoms with Crippen LogP contribution in [0.3, 0.4) is 0 Å². The Balaban J connectivity index is 2.28. The lowest BCUT2D eigenvalue weighted by Crippen LogP contribution is -2.13. The van der Waals surface area contributed by atoms with Crippen molar-refractivity contribution in [1.82, 2.24) is 0 Å². The van der Waals surface area contributed by atoms with Crippen LogP contribution in [0.4, 0.5) is 4.39 Å². The lowest BCUT2D eigenvalue weighted by Gasteiger charge is -2.10. The maximum absolute atomic E-state index is 13.3. The van der Waals surface area contributed by atoms with Crippen molar-refractivity contribution in [2.45, 2.75) is 13.0 Å². The number of hydrogen-bond acceptors (Lipinski definition) is 5. The second kappa shape index (κ2) is 4.89. The first-order valence-corrected chi connectivity index (χ1v) is 5.62. The van der Waals surface area contributed by atoms with E-state index in [0.717, 1.165) is 13.0 Å². The predicted octanol–water partition coefficient (Wildman–Crippen LogP) is 1.81. The second-order valence-electron chi connectivity index (χ2n) is 3.82. The first-order valence-electron chi connectivity index (χ1n) is 5.24. The molecule has 19 heavy (non-hydrogen) atoms. The van der Waals surface area contributed by atoms with Crippen molar-refractivity contribution in [2.75, 3.05) is 0 Å². The van der Waals surface area contributed by atoms with Gasteiger partial charge in [-0.1, -0.05) is 17.7 Å². The van der Waals surface area contributed by atoms with E-state index in [2.05, 4.69) is 4.74 Å². The van der Waals surface area contributed by atoms with Gasteiger partial charge in [0.25, 0.3) is 0 Å². The maximum atomic E-state index is 13.3. The molecule has 2 rings (SSSR count). The van der Waals surface area contributed by atoms with Crippen LogP contribution in [0.5, 0.6) is 0 Å². The highest BCUT2D eigenvalue weighted by atomic mass is 35.5. The summed E-state index contributed by atoms with van der Waals surface area (Å²) in [5.74, 6) is -2.70. The molecule has 2 N–H and O–H groups in total. The van der Waals surface area contributed by atoms with E-state index in [9.17, 15) is 14.0 Å². The number of carbonyl (C=O) groups excluding carboxylic acids is 2. The summed E-state index contributed by atoms with van der Waals surface area (Å²) in [4.78, 5) is 22.8. The summed E-state index contributed by atoms with van der Waals surface area (Å²) in [5, 5.41) is -0.0738. The SMILES string of the molecule is CC(=O)OC1=C(N)OC(c2ccc(Cl)c(F)c2)C1=O. The van der Waals surface area contributed by atoms with Crippen LogP contribution in [0.1, 0.15) is 18.6 Å². The molecule has 0 bridgehead atoms. The largest absolute Gasteiger partial charge is 0.460 e. The van der Waals surface area contributed by atoms with Crippen molar-refractivity contribution in [3.8, 4) is 0 Å². The smallest absolute Gasteiger partial charge is 0.308 e. The number of halogens is 2. The van der Waals surface area contributed by atoms with Crippen molar-refractivity contribution in [3.05, 3.63) is 46.2 Å². The van der Waals surface area contributed by atoms with Crippen molar-refractivity contribution in [2.24, 2.45) is 5.73 Å². The van der Waals surface area contributed by atoms with Crippen LogP contribution in [0.15, 0.2) is 29.8 Å². The van der Waals surface area contributed by atoms with Gasteiger partial charge >= 0.3 is 5.97 Å². The van der Waals surface area contributed by atoms with E-state index in [1.54, 1.807) is 0 Å². The zero-order chi connectivity index (χ0) is 14.2. The van der Waals surface area contributed by atoms with Gasteiger partial charge in [0.2, 0.25) is 17.4 Å². The molecule has 1 atom stereocenters. The van der Waals surface area contributed by atoms with Gasteiger partial charge in [0.1, 0.15) is 5.82 Å². The van der Waals surface area contributed by atoms with Gasteiger partial charge in [0, 0.05) is 12.5 Å². The lowest BCUT2D eigenvalue weighted by atomic mass is 10.1. The average Bonchev–Trinajstić information content (AvgIpc) is 2.60. The van der Waals surface area contributed by atoms with Gasteiger partial charge < -0.3 is 15.2 Å². The van der Waals surface area contributed by atoms with Gasteiger partial charge in [-0.2, -0.15) is 0 Å². The highest BCUT2D eigenvalue weighted by Crippen LogP contribution is 2.32. The molecule has 0 radical (unpaired) electrons. The van der Waals surface area contributed by atoms with E-state index < -0.39 is 23.7 Å². The van der Waals surface area contributed by atoms with Gasteiger partial charge in [-0.05, 0) is 12.1 Å². The number of esters is 1. The fourth-order valence-electron chi connectivity index (χ4n) is 1.61. The van der Waals surface area contributed by atoms with Crippen molar-refractivity contribution in [3.63, 3.8) is 0 Å². The molecule has 1 aromatic carbocycles. The van der Waals surface area contributed by atoms with Crippen LogP contribution < -0.4 is 5.73 Å².